The summed E-state index contributed by atoms with van der Waals surface area (Å²) in [7, 11) is 0. The van der Waals surface area contributed by atoms with Crippen LogP contribution in [-0.4, -0.2) is 38.4 Å². The predicted molar refractivity (Wildman–Crippen MR) is 60.1 cm³/mol. The molecule has 0 radical (unpaired) electrons. The molecule has 7 nitrogen and oxygen atoms in total. The normalized spacial score (nSPS) is 16.2. The molecule has 1 aromatic rings. The summed E-state index contributed by atoms with van der Waals surface area (Å²) < 4.78 is 0. The molecule has 0 aliphatic rings. The van der Waals surface area contributed by atoms with Crippen LogP contribution in [0.1, 0.15) is 19.0 Å². The fourth-order valence-electron chi connectivity index (χ4n) is 1.47. The third-order valence-corrected chi connectivity index (χ3v) is 2.62. The van der Waals surface area contributed by atoms with Crippen LogP contribution in [-0.2, 0) is 16.0 Å². The first-order chi connectivity index (χ1) is 7.91. The second-order valence-electron chi connectivity index (χ2n) is 3.91. The van der Waals surface area contributed by atoms with Gasteiger partial charge in [-0.15, -0.1) is 0 Å². The zero-order valence-corrected chi connectivity index (χ0v) is 9.51. The topological polar surface area (TPSA) is 135 Å². The highest BCUT2D eigenvalue weighted by Crippen LogP contribution is 2.13. The van der Waals surface area contributed by atoms with Crippen molar-refractivity contribution in [2.75, 3.05) is 0 Å². The second kappa shape index (κ2) is 5.07. The number of carboxylic acid groups (broad SMARTS) is 1. The van der Waals surface area contributed by atoms with Gasteiger partial charge in [0.2, 0.25) is 0 Å². The zero-order chi connectivity index (χ0) is 13.1. The molecule has 0 amide bonds. The fourth-order valence-corrected chi connectivity index (χ4v) is 1.47. The van der Waals surface area contributed by atoms with Gasteiger partial charge in [0, 0.05) is 18.3 Å². The largest absolute Gasteiger partial charge is 0.480 e. The smallest absolute Gasteiger partial charge is 0.331 e. The molecule has 0 bridgehead atoms. The molecule has 0 spiro atoms. The quantitative estimate of drug-likeness (QED) is 0.473. The van der Waals surface area contributed by atoms with E-state index < -0.39 is 23.3 Å². The number of H-pyrrole nitrogens is 1. The molecule has 94 valence electrons. The molecular formula is C10H16N4O3. The lowest BCUT2D eigenvalue weighted by atomic mass is 9.85. The number of aliphatic carboxylic acids is 1. The van der Waals surface area contributed by atoms with Crippen molar-refractivity contribution in [1.82, 2.24) is 9.97 Å². The summed E-state index contributed by atoms with van der Waals surface area (Å²) in [6, 6.07) is -0.876. The van der Waals surface area contributed by atoms with Gasteiger partial charge < -0.3 is 21.6 Å². The minimum Gasteiger partial charge on any atom is -0.480 e. The minimum absolute atomic E-state index is 0.158. The van der Waals surface area contributed by atoms with E-state index in [-0.39, 0.29) is 6.42 Å². The number of aromatic amines is 1. The number of Topliss-reactive ketones (excluding diaryl/α,β-unsaturated/α-hetero) is 1. The lowest BCUT2D eigenvalue weighted by Gasteiger charge is -2.25. The van der Waals surface area contributed by atoms with Crippen molar-refractivity contribution in [3.05, 3.63) is 18.2 Å². The number of hydrogen-bond donors (Lipinski definition) is 4. The van der Waals surface area contributed by atoms with Gasteiger partial charge in [-0.2, -0.15) is 0 Å². The maximum absolute atomic E-state index is 11.9. The molecule has 1 aromatic heterocycles. The average Bonchev–Trinajstić information content (AvgIpc) is 2.79. The van der Waals surface area contributed by atoms with Crippen LogP contribution in [0.3, 0.4) is 0 Å². The van der Waals surface area contributed by atoms with Gasteiger partial charge in [0.25, 0.3) is 0 Å². The van der Waals surface area contributed by atoms with Gasteiger partial charge in [0.15, 0.2) is 11.3 Å². The van der Waals surface area contributed by atoms with Gasteiger partial charge >= 0.3 is 5.97 Å². The van der Waals surface area contributed by atoms with E-state index in [9.17, 15) is 9.59 Å². The SMILES string of the molecule is CCC(N)C(=O)C(N)(Cc1cnc[nH]1)C(=O)O. The lowest BCUT2D eigenvalue weighted by molar-refractivity contribution is -0.148. The number of carboxylic acids is 1. The molecule has 0 saturated carbocycles. The molecule has 6 N–H and O–H groups in total. The van der Waals surface area contributed by atoms with Gasteiger partial charge in [-0.1, -0.05) is 6.92 Å². The van der Waals surface area contributed by atoms with E-state index in [0.717, 1.165) is 0 Å². The Morgan fingerprint density at radius 2 is 2.29 bits per heavy atom. The van der Waals surface area contributed by atoms with Crippen molar-refractivity contribution in [2.24, 2.45) is 11.5 Å². The summed E-state index contributed by atoms with van der Waals surface area (Å²) in [6.07, 6.45) is 3.00. The highest BCUT2D eigenvalue weighted by molar-refractivity contribution is 6.10. The third kappa shape index (κ3) is 2.69. The standard InChI is InChI=1S/C10H16N4O3/c1-2-7(11)8(15)10(12,9(16)17)3-6-4-13-5-14-6/h4-5,7H,2-3,11-12H2,1H3,(H,13,14)(H,16,17). The van der Waals surface area contributed by atoms with Crippen LogP contribution < -0.4 is 11.5 Å². The molecular weight excluding hydrogens is 224 g/mol. The van der Waals surface area contributed by atoms with Crippen molar-refractivity contribution in [3.63, 3.8) is 0 Å². The molecule has 1 rings (SSSR count). The van der Waals surface area contributed by atoms with E-state index in [4.69, 9.17) is 16.6 Å². The summed E-state index contributed by atoms with van der Waals surface area (Å²) in [6.45, 7) is 1.70. The molecule has 0 saturated heterocycles. The molecule has 17 heavy (non-hydrogen) atoms. The highest BCUT2D eigenvalue weighted by Gasteiger charge is 2.44. The summed E-state index contributed by atoms with van der Waals surface area (Å²) in [5, 5.41) is 9.11. The molecule has 0 aliphatic heterocycles. The van der Waals surface area contributed by atoms with Crippen molar-refractivity contribution in [3.8, 4) is 0 Å². The fraction of sp³-hybridized carbons (Fsp3) is 0.500. The summed E-state index contributed by atoms with van der Waals surface area (Å²) in [5.74, 6) is -2.07. The molecule has 0 aromatic carbocycles. The van der Waals surface area contributed by atoms with E-state index in [0.29, 0.717) is 12.1 Å². The Hall–Kier alpha value is -1.73. The number of carbonyl (C=O) groups excluding carboxylic acids is 1. The number of rotatable bonds is 6. The summed E-state index contributed by atoms with van der Waals surface area (Å²) in [4.78, 5) is 29.5. The van der Waals surface area contributed by atoms with E-state index in [1.807, 2.05) is 0 Å². The summed E-state index contributed by atoms with van der Waals surface area (Å²) >= 11 is 0. The second-order valence-corrected chi connectivity index (χ2v) is 3.91. The van der Waals surface area contributed by atoms with Crippen molar-refractivity contribution in [2.45, 2.75) is 31.3 Å². The van der Waals surface area contributed by atoms with Crippen LogP contribution in [0.2, 0.25) is 0 Å². The van der Waals surface area contributed by atoms with E-state index in [2.05, 4.69) is 9.97 Å². The molecule has 1 heterocycles. The highest BCUT2D eigenvalue weighted by atomic mass is 16.4. The van der Waals surface area contributed by atoms with Crippen LogP contribution in [0, 0.1) is 0 Å². The number of aromatic nitrogens is 2. The lowest BCUT2D eigenvalue weighted by Crippen LogP contribution is -2.61. The van der Waals surface area contributed by atoms with Gasteiger partial charge in [0.1, 0.15) is 0 Å². The average molecular weight is 240 g/mol. The Labute approximate surface area is 98.2 Å². The number of nitrogens with two attached hydrogens (primary N) is 2. The zero-order valence-electron chi connectivity index (χ0n) is 9.51. The van der Waals surface area contributed by atoms with Crippen LogP contribution in [0.25, 0.3) is 0 Å². The van der Waals surface area contributed by atoms with Gasteiger partial charge in [-0.05, 0) is 6.42 Å². The number of nitrogens with one attached hydrogen (secondary N) is 1. The van der Waals surface area contributed by atoms with E-state index in [1.54, 1.807) is 6.92 Å². The van der Waals surface area contributed by atoms with Crippen molar-refractivity contribution >= 4 is 11.8 Å². The maximum atomic E-state index is 11.9. The predicted octanol–water partition coefficient (Wildman–Crippen LogP) is -0.959. The minimum atomic E-state index is -2.01. The maximum Gasteiger partial charge on any atom is 0.331 e. The van der Waals surface area contributed by atoms with Crippen LogP contribution in [0.4, 0.5) is 0 Å². The van der Waals surface area contributed by atoms with Crippen molar-refractivity contribution < 1.29 is 14.7 Å². The monoisotopic (exact) mass is 240 g/mol. The Kier molecular flexibility index (Phi) is 3.97. The Balaban J connectivity index is 2.97. The van der Waals surface area contributed by atoms with E-state index in [1.165, 1.54) is 12.5 Å². The Morgan fingerprint density at radius 3 is 2.71 bits per heavy atom. The summed E-state index contributed by atoms with van der Waals surface area (Å²) in [5.41, 5.74) is 9.69. The number of hydrogen-bond acceptors (Lipinski definition) is 5. The number of carbonyl (C=O) groups is 2. The Morgan fingerprint density at radius 1 is 1.65 bits per heavy atom. The van der Waals surface area contributed by atoms with Crippen molar-refractivity contribution in [1.29, 1.82) is 0 Å². The number of imidazole rings is 1. The Bertz CT molecular complexity index is 404. The van der Waals surface area contributed by atoms with Gasteiger partial charge in [0.05, 0.1) is 12.4 Å². The van der Waals surface area contributed by atoms with Gasteiger partial charge in [-0.3, -0.25) is 4.79 Å². The first-order valence-electron chi connectivity index (χ1n) is 5.21. The molecule has 2 atom stereocenters. The molecule has 0 fully saturated rings. The number of nitrogens with zero attached hydrogens (tertiary/aromatic N) is 1. The molecule has 0 aliphatic carbocycles. The van der Waals surface area contributed by atoms with Gasteiger partial charge in [-0.25, -0.2) is 9.78 Å². The first-order valence-corrected chi connectivity index (χ1v) is 5.21. The third-order valence-electron chi connectivity index (χ3n) is 2.62. The molecule has 7 heteroatoms. The van der Waals surface area contributed by atoms with Crippen LogP contribution >= 0.6 is 0 Å². The first kappa shape index (κ1) is 13.3. The van der Waals surface area contributed by atoms with Crippen LogP contribution in [0.5, 0.6) is 0 Å². The van der Waals surface area contributed by atoms with Crippen LogP contribution in [0.15, 0.2) is 12.5 Å². The molecule has 2 unspecified atom stereocenters. The number of ketones is 1. The van der Waals surface area contributed by atoms with E-state index >= 15 is 0 Å².